The summed E-state index contributed by atoms with van der Waals surface area (Å²) in [7, 11) is 0. The Morgan fingerprint density at radius 2 is 2.00 bits per heavy atom. The van der Waals surface area contributed by atoms with Crippen LogP contribution in [0.5, 0.6) is 5.75 Å². The lowest BCUT2D eigenvalue weighted by Gasteiger charge is -2.27. The molecule has 1 aromatic carbocycles. The number of ketones is 1. The van der Waals surface area contributed by atoms with E-state index < -0.39 is 11.7 Å². The van der Waals surface area contributed by atoms with Crippen molar-refractivity contribution in [3.63, 3.8) is 0 Å². The summed E-state index contributed by atoms with van der Waals surface area (Å²) in [6.07, 6.45) is 0. The number of phenols is 1. The molecule has 0 aliphatic heterocycles. The van der Waals surface area contributed by atoms with E-state index in [9.17, 15) is 13.6 Å². The molecule has 2 rings (SSSR count). The van der Waals surface area contributed by atoms with Crippen LogP contribution in [0.2, 0.25) is 0 Å². The summed E-state index contributed by atoms with van der Waals surface area (Å²) in [5.41, 5.74) is -0.384. The number of alkyl halides is 2. The molecule has 0 aromatic heterocycles. The summed E-state index contributed by atoms with van der Waals surface area (Å²) < 4.78 is 25.3. The zero-order valence-electron chi connectivity index (χ0n) is 5.84. The van der Waals surface area contributed by atoms with Crippen molar-refractivity contribution in [2.45, 2.75) is 5.92 Å². The zero-order valence-corrected chi connectivity index (χ0v) is 5.84. The number of rotatable bonds is 0. The van der Waals surface area contributed by atoms with Crippen LogP contribution in [0.1, 0.15) is 15.9 Å². The van der Waals surface area contributed by atoms with Crippen LogP contribution in [0, 0.1) is 0 Å². The van der Waals surface area contributed by atoms with Crippen LogP contribution < -0.4 is 0 Å². The minimum Gasteiger partial charge on any atom is -0.508 e. The molecule has 0 heterocycles. The first-order chi connectivity index (χ1) is 5.53. The van der Waals surface area contributed by atoms with E-state index in [4.69, 9.17) is 5.11 Å². The predicted octanol–water partition coefficient (Wildman–Crippen LogP) is 1.68. The average molecular weight is 170 g/mol. The fourth-order valence-corrected chi connectivity index (χ4v) is 1.22. The van der Waals surface area contributed by atoms with Crippen molar-refractivity contribution in [2.75, 3.05) is 0 Å². The van der Waals surface area contributed by atoms with E-state index in [1.807, 2.05) is 0 Å². The third kappa shape index (κ3) is 0.642. The third-order valence-electron chi connectivity index (χ3n) is 1.87. The standard InChI is InChI=1S/C8H4F2O2/c9-8(10)6-3-4(11)1-2-5(6)7(8)12/h1-3,11H. The highest BCUT2D eigenvalue weighted by Gasteiger charge is 2.53. The summed E-state index contributed by atoms with van der Waals surface area (Å²) in [6.45, 7) is 0. The Balaban J connectivity index is 2.64. The van der Waals surface area contributed by atoms with E-state index in [1.165, 1.54) is 12.1 Å². The Kier molecular flexibility index (Phi) is 1.10. The molecule has 4 heteroatoms. The maximum Gasteiger partial charge on any atom is 0.335 e. The molecule has 0 bridgehead atoms. The van der Waals surface area contributed by atoms with Gasteiger partial charge in [-0.05, 0) is 18.2 Å². The van der Waals surface area contributed by atoms with Gasteiger partial charge in [-0.25, -0.2) is 0 Å². The second kappa shape index (κ2) is 1.83. The highest BCUT2D eigenvalue weighted by atomic mass is 19.3. The summed E-state index contributed by atoms with van der Waals surface area (Å²) in [5, 5.41) is 8.85. The van der Waals surface area contributed by atoms with Crippen LogP contribution in [-0.4, -0.2) is 10.9 Å². The topological polar surface area (TPSA) is 37.3 Å². The van der Waals surface area contributed by atoms with Crippen molar-refractivity contribution in [2.24, 2.45) is 0 Å². The molecule has 1 N–H and O–H groups in total. The normalized spacial score (nSPS) is 18.3. The molecular formula is C8H4F2O2. The molecule has 1 aliphatic rings. The molecule has 1 aromatic rings. The summed E-state index contributed by atoms with van der Waals surface area (Å²) in [5.74, 6) is -4.81. The van der Waals surface area contributed by atoms with Gasteiger partial charge in [0.15, 0.2) is 0 Å². The van der Waals surface area contributed by atoms with Crippen LogP contribution in [0.25, 0.3) is 0 Å². The van der Waals surface area contributed by atoms with Gasteiger partial charge in [-0.1, -0.05) is 0 Å². The Labute approximate surface area is 66.4 Å². The summed E-state index contributed by atoms with van der Waals surface area (Å²) >= 11 is 0. The van der Waals surface area contributed by atoms with Crippen molar-refractivity contribution in [3.05, 3.63) is 29.3 Å². The van der Waals surface area contributed by atoms with Gasteiger partial charge in [0.2, 0.25) is 5.78 Å². The first-order valence-corrected chi connectivity index (χ1v) is 3.29. The van der Waals surface area contributed by atoms with Gasteiger partial charge < -0.3 is 5.11 Å². The highest BCUT2D eigenvalue weighted by molar-refractivity contribution is 6.11. The molecule has 0 amide bonds. The van der Waals surface area contributed by atoms with E-state index >= 15 is 0 Å². The number of carbonyl (C=O) groups excluding carboxylic acids is 1. The number of fused-ring (bicyclic) bond motifs is 1. The molecule has 0 atom stereocenters. The van der Waals surface area contributed by atoms with Crippen molar-refractivity contribution in [1.82, 2.24) is 0 Å². The minimum absolute atomic E-state index is 0.00204. The van der Waals surface area contributed by atoms with Crippen molar-refractivity contribution < 1.29 is 18.7 Å². The third-order valence-corrected chi connectivity index (χ3v) is 1.87. The van der Waals surface area contributed by atoms with Crippen molar-refractivity contribution in [1.29, 1.82) is 0 Å². The van der Waals surface area contributed by atoms with Gasteiger partial charge in [0.25, 0.3) is 0 Å². The van der Waals surface area contributed by atoms with Gasteiger partial charge >= 0.3 is 5.92 Å². The lowest BCUT2D eigenvalue weighted by atomic mass is 9.83. The largest absolute Gasteiger partial charge is 0.508 e. The first-order valence-electron chi connectivity index (χ1n) is 3.29. The van der Waals surface area contributed by atoms with Gasteiger partial charge in [0.1, 0.15) is 5.75 Å². The van der Waals surface area contributed by atoms with Crippen LogP contribution in [-0.2, 0) is 5.92 Å². The Morgan fingerprint density at radius 1 is 1.33 bits per heavy atom. The molecule has 0 unspecified atom stereocenters. The van der Waals surface area contributed by atoms with Gasteiger partial charge in [0.05, 0.1) is 0 Å². The first kappa shape index (κ1) is 7.21. The van der Waals surface area contributed by atoms with Crippen LogP contribution in [0.3, 0.4) is 0 Å². The molecule has 0 saturated heterocycles. The maximum atomic E-state index is 12.6. The summed E-state index contributed by atoms with van der Waals surface area (Å²) in [6, 6.07) is 3.33. The molecule has 12 heavy (non-hydrogen) atoms. The second-order valence-corrected chi connectivity index (χ2v) is 2.63. The number of phenolic OH excluding ortho intramolecular Hbond substituents is 1. The SMILES string of the molecule is O=C1c2ccc(O)cc2C1(F)F. The molecule has 1 aliphatic carbocycles. The van der Waals surface area contributed by atoms with Crippen molar-refractivity contribution >= 4 is 5.78 Å². The number of hydrogen-bond acceptors (Lipinski definition) is 2. The zero-order chi connectivity index (χ0) is 8.93. The van der Waals surface area contributed by atoms with Gasteiger partial charge in [0, 0.05) is 11.1 Å². The van der Waals surface area contributed by atoms with E-state index in [-0.39, 0.29) is 16.9 Å². The maximum absolute atomic E-state index is 12.6. The fraction of sp³-hybridized carbons (Fsp3) is 0.125. The average Bonchev–Trinajstić information content (AvgIpc) is 2.04. The lowest BCUT2D eigenvalue weighted by molar-refractivity contribution is -0.00657. The smallest absolute Gasteiger partial charge is 0.335 e. The molecule has 0 saturated carbocycles. The van der Waals surface area contributed by atoms with Crippen LogP contribution >= 0.6 is 0 Å². The molecule has 62 valence electrons. The Morgan fingerprint density at radius 3 is 2.67 bits per heavy atom. The van der Waals surface area contributed by atoms with E-state index in [2.05, 4.69) is 0 Å². The number of carbonyl (C=O) groups is 1. The monoisotopic (exact) mass is 170 g/mol. The van der Waals surface area contributed by atoms with Crippen molar-refractivity contribution in [3.8, 4) is 5.75 Å². The number of benzene rings is 1. The van der Waals surface area contributed by atoms with Crippen LogP contribution in [0.4, 0.5) is 8.78 Å². The second-order valence-electron chi connectivity index (χ2n) is 2.63. The summed E-state index contributed by atoms with van der Waals surface area (Å²) in [4.78, 5) is 10.7. The lowest BCUT2D eigenvalue weighted by Crippen LogP contribution is -2.38. The fourth-order valence-electron chi connectivity index (χ4n) is 1.22. The highest BCUT2D eigenvalue weighted by Crippen LogP contribution is 2.44. The van der Waals surface area contributed by atoms with Gasteiger partial charge in [-0.2, -0.15) is 8.78 Å². The predicted molar refractivity (Wildman–Crippen MR) is 36.3 cm³/mol. The Bertz CT molecular complexity index is 371. The van der Waals surface area contributed by atoms with E-state index in [0.29, 0.717) is 0 Å². The molecule has 2 nitrogen and oxygen atoms in total. The number of halogens is 2. The van der Waals surface area contributed by atoms with E-state index in [0.717, 1.165) is 6.07 Å². The Hall–Kier alpha value is -1.45. The molecule has 0 spiro atoms. The quantitative estimate of drug-likeness (QED) is 0.643. The van der Waals surface area contributed by atoms with Gasteiger partial charge in [-0.15, -0.1) is 0 Å². The number of aromatic hydroxyl groups is 1. The molecular weight excluding hydrogens is 166 g/mol. The van der Waals surface area contributed by atoms with E-state index in [1.54, 1.807) is 0 Å². The van der Waals surface area contributed by atoms with Gasteiger partial charge in [-0.3, -0.25) is 4.79 Å². The molecule has 0 fully saturated rings. The van der Waals surface area contributed by atoms with Crippen LogP contribution in [0.15, 0.2) is 18.2 Å². The molecule has 0 radical (unpaired) electrons. The number of Topliss-reactive ketones (excluding diaryl/α,β-unsaturated/α-hetero) is 1. The minimum atomic E-state index is -3.39. The number of hydrogen-bond donors (Lipinski definition) is 1.